The van der Waals surface area contributed by atoms with Gasteiger partial charge in [0.2, 0.25) is 5.76 Å². The molecular formula is C19H21NO4S. The van der Waals surface area contributed by atoms with Crippen molar-refractivity contribution < 1.29 is 19.1 Å². The van der Waals surface area contributed by atoms with Crippen molar-refractivity contribution in [3.05, 3.63) is 53.0 Å². The lowest BCUT2D eigenvalue weighted by atomic mass is 10.1. The number of thioether (sulfide) groups is 1. The summed E-state index contributed by atoms with van der Waals surface area (Å²) >= 11 is 1.78. The van der Waals surface area contributed by atoms with E-state index in [1.165, 1.54) is 31.7 Å². The summed E-state index contributed by atoms with van der Waals surface area (Å²) in [6.07, 6.45) is 4.92. The van der Waals surface area contributed by atoms with Crippen molar-refractivity contribution in [2.75, 3.05) is 0 Å². The smallest absolute Gasteiger partial charge is 0.371 e. The van der Waals surface area contributed by atoms with Gasteiger partial charge in [-0.05, 0) is 44.0 Å². The SMILES string of the molecule is Cc1ccc(SC2CCCC2)c(C(=O)NCc2ccc(C(=O)O)o2)c1. The molecule has 1 aromatic carbocycles. The highest BCUT2D eigenvalue weighted by Gasteiger charge is 2.20. The molecule has 0 unspecified atom stereocenters. The molecule has 25 heavy (non-hydrogen) atoms. The largest absolute Gasteiger partial charge is 0.475 e. The quantitative estimate of drug-likeness (QED) is 0.806. The van der Waals surface area contributed by atoms with E-state index in [9.17, 15) is 9.59 Å². The molecule has 0 radical (unpaired) electrons. The molecule has 1 heterocycles. The molecule has 1 saturated carbocycles. The number of aryl methyl sites for hydroxylation is 1. The fourth-order valence-electron chi connectivity index (χ4n) is 2.96. The van der Waals surface area contributed by atoms with Crippen LogP contribution in [0.5, 0.6) is 0 Å². The molecule has 5 nitrogen and oxygen atoms in total. The van der Waals surface area contributed by atoms with Gasteiger partial charge >= 0.3 is 5.97 Å². The molecule has 1 amide bonds. The second-order valence-corrected chi connectivity index (χ2v) is 7.62. The van der Waals surface area contributed by atoms with Crippen molar-refractivity contribution in [1.82, 2.24) is 5.32 Å². The normalized spacial score (nSPS) is 14.6. The predicted octanol–water partition coefficient (Wildman–Crippen LogP) is 4.25. The fraction of sp³-hybridized carbons (Fsp3) is 0.368. The number of carboxylic acid groups (broad SMARTS) is 1. The van der Waals surface area contributed by atoms with Gasteiger partial charge in [0, 0.05) is 10.1 Å². The van der Waals surface area contributed by atoms with E-state index in [1.807, 2.05) is 25.1 Å². The van der Waals surface area contributed by atoms with Gasteiger partial charge in [0.05, 0.1) is 12.1 Å². The number of benzene rings is 1. The molecule has 2 aromatic rings. The van der Waals surface area contributed by atoms with Crippen molar-refractivity contribution in [2.45, 2.75) is 49.3 Å². The highest BCUT2D eigenvalue weighted by molar-refractivity contribution is 8.00. The van der Waals surface area contributed by atoms with Gasteiger partial charge in [0.15, 0.2) is 0 Å². The Morgan fingerprint density at radius 1 is 1.24 bits per heavy atom. The maximum Gasteiger partial charge on any atom is 0.371 e. The first-order valence-corrected chi connectivity index (χ1v) is 9.28. The van der Waals surface area contributed by atoms with Gasteiger partial charge in [0.25, 0.3) is 5.91 Å². The van der Waals surface area contributed by atoms with Crippen LogP contribution in [0.1, 0.15) is 57.9 Å². The molecule has 3 rings (SSSR count). The number of nitrogens with one attached hydrogen (secondary N) is 1. The molecule has 1 fully saturated rings. The van der Waals surface area contributed by atoms with Gasteiger partial charge in [-0.1, -0.05) is 24.5 Å². The highest BCUT2D eigenvalue weighted by atomic mass is 32.2. The minimum Gasteiger partial charge on any atom is -0.475 e. The third-order valence-corrected chi connectivity index (χ3v) is 5.69. The van der Waals surface area contributed by atoms with Crippen LogP contribution in [-0.4, -0.2) is 22.2 Å². The molecule has 0 spiro atoms. The molecule has 1 aliphatic rings. The Bertz CT molecular complexity index is 777. The monoisotopic (exact) mass is 359 g/mol. The van der Waals surface area contributed by atoms with Crippen molar-refractivity contribution >= 4 is 23.6 Å². The zero-order chi connectivity index (χ0) is 17.8. The summed E-state index contributed by atoms with van der Waals surface area (Å²) in [4.78, 5) is 24.5. The van der Waals surface area contributed by atoms with Crippen molar-refractivity contribution in [3.8, 4) is 0 Å². The molecule has 132 valence electrons. The Kier molecular flexibility index (Phi) is 5.48. The summed E-state index contributed by atoms with van der Waals surface area (Å²) in [5.74, 6) is -0.996. The molecule has 6 heteroatoms. The second-order valence-electron chi connectivity index (χ2n) is 6.28. The van der Waals surface area contributed by atoms with Gasteiger partial charge < -0.3 is 14.8 Å². The van der Waals surface area contributed by atoms with Crippen LogP contribution < -0.4 is 5.32 Å². The van der Waals surface area contributed by atoms with Crippen LogP contribution in [0.25, 0.3) is 0 Å². The van der Waals surface area contributed by atoms with E-state index in [-0.39, 0.29) is 18.2 Å². The Hall–Kier alpha value is -2.21. The van der Waals surface area contributed by atoms with Gasteiger partial charge in [-0.25, -0.2) is 4.79 Å². The van der Waals surface area contributed by atoms with Crippen LogP contribution in [0.3, 0.4) is 0 Å². The third kappa shape index (κ3) is 4.45. The van der Waals surface area contributed by atoms with Crippen LogP contribution in [0.2, 0.25) is 0 Å². The minimum atomic E-state index is -1.12. The summed E-state index contributed by atoms with van der Waals surface area (Å²) in [6.45, 7) is 2.13. The number of aromatic carboxylic acids is 1. The number of carbonyl (C=O) groups excluding carboxylic acids is 1. The van der Waals surface area contributed by atoms with Crippen molar-refractivity contribution in [2.24, 2.45) is 0 Å². The molecule has 1 aromatic heterocycles. The number of carboxylic acids is 1. The number of hydrogen-bond donors (Lipinski definition) is 2. The lowest BCUT2D eigenvalue weighted by Gasteiger charge is -2.14. The van der Waals surface area contributed by atoms with E-state index in [0.29, 0.717) is 16.6 Å². The van der Waals surface area contributed by atoms with Crippen molar-refractivity contribution in [3.63, 3.8) is 0 Å². The molecule has 2 N–H and O–H groups in total. The molecule has 0 atom stereocenters. The average molecular weight is 359 g/mol. The maximum atomic E-state index is 12.6. The van der Waals surface area contributed by atoms with Crippen LogP contribution in [0, 0.1) is 6.92 Å². The number of amides is 1. The average Bonchev–Trinajstić information content (AvgIpc) is 3.26. The third-order valence-electron chi connectivity index (χ3n) is 4.27. The maximum absolute atomic E-state index is 12.6. The zero-order valence-corrected chi connectivity index (χ0v) is 14.9. The minimum absolute atomic E-state index is 0.128. The van der Waals surface area contributed by atoms with Crippen LogP contribution in [-0.2, 0) is 6.54 Å². The summed E-state index contributed by atoms with van der Waals surface area (Å²) in [5, 5.41) is 12.3. The highest BCUT2D eigenvalue weighted by Crippen LogP contribution is 2.36. The lowest BCUT2D eigenvalue weighted by Crippen LogP contribution is -2.23. The van der Waals surface area contributed by atoms with Crippen LogP contribution in [0.4, 0.5) is 0 Å². The Balaban J connectivity index is 1.69. The van der Waals surface area contributed by atoms with E-state index >= 15 is 0 Å². The standard InChI is InChI=1S/C19H21NO4S/c1-12-6-9-17(25-14-4-2-3-5-14)15(10-12)18(21)20-11-13-7-8-16(24-13)19(22)23/h6-10,14H,2-5,11H2,1H3,(H,20,21)(H,22,23). The molecule has 0 bridgehead atoms. The van der Waals surface area contributed by atoms with Gasteiger partial charge in [0.1, 0.15) is 5.76 Å². The fourth-order valence-corrected chi connectivity index (χ4v) is 4.31. The molecular weight excluding hydrogens is 338 g/mol. The molecule has 1 aliphatic carbocycles. The Labute approximate surface area is 150 Å². The van der Waals surface area contributed by atoms with E-state index < -0.39 is 5.97 Å². The molecule has 0 aliphatic heterocycles. The number of rotatable bonds is 6. The Morgan fingerprint density at radius 3 is 2.68 bits per heavy atom. The summed E-state index contributed by atoms with van der Waals surface area (Å²) in [6, 6.07) is 8.89. The predicted molar refractivity (Wildman–Crippen MR) is 96.1 cm³/mol. The first-order valence-electron chi connectivity index (χ1n) is 8.40. The van der Waals surface area contributed by atoms with Gasteiger partial charge in [-0.3, -0.25) is 4.79 Å². The first kappa shape index (κ1) is 17.6. The summed E-state index contributed by atoms with van der Waals surface area (Å²) in [7, 11) is 0. The van der Waals surface area contributed by atoms with Gasteiger partial charge in [-0.2, -0.15) is 0 Å². The van der Waals surface area contributed by atoms with E-state index in [1.54, 1.807) is 17.8 Å². The summed E-state index contributed by atoms with van der Waals surface area (Å²) in [5.41, 5.74) is 1.70. The Morgan fingerprint density at radius 2 is 2.00 bits per heavy atom. The summed E-state index contributed by atoms with van der Waals surface area (Å²) < 4.78 is 5.17. The molecule has 0 saturated heterocycles. The van der Waals surface area contributed by atoms with E-state index in [0.717, 1.165) is 10.5 Å². The second kappa shape index (κ2) is 7.78. The first-order chi connectivity index (χ1) is 12.0. The van der Waals surface area contributed by atoms with E-state index in [2.05, 4.69) is 5.32 Å². The lowest BCUT2D eigenvalue weighted by molar-refractivity contribution is 0.0660. The van der Waals surface area contributed by atoms with Crippen molar-refractivity contribution in [1.29, 1.82) is 0 Å². The number of hydrogen-bond acceptors (Lipinski definition) is 4. The number of carbonyl (C=O) groups is 2. The van der Waals surface area contributed by atoms with Crippen LogP contribution in [0.15, 0.2) is 39.6 Å². The van der Waals surface area contributed by atoms with Gasteiger partial charge in [-0.15, -0.1) is 11.8 Å². The number of furan rings is 1. The van der Waals surface area contributed by atoms with Crippen LogP contribution >= 0.6 is 11.8 Å². The zero-order valence-electron chi connectivity index (χ0n) is 14.1. The topological polar surface area (TPSA) is 79.5 Å². The van der Waals surface area contributed by atoms with E-state index in [4.69, 9.17) is 9.52 Å².